The van der Waals surface area contributed by atoms with E-state index in [4.69, 9.17) is 4.52 Å². The molecule has 0 aliphatic heterocycles. The predicted octanol–water partition coefficient (Wildman–Crippen LogP) is 6.30. The van der Waals surface area contributed by atoms with E-state index in [1.165, 1.54) is 12.1 Å². The van der Waals surface area contributed by atoms with E-state index in [1.54, 1.807) is 17.0 Å². The van der Waals surface area contributed by atoms with E-state index in [9.17, 15) is 26.7 Å². The van der Waals surface area contributed by atoms with E-state index in [2.05, 4.69) is 14.9 Å². The molecule has 0 spiro atoms. The van der Waals surface area contributed by atoms with Crippen molar-refractivity contribution >= 4 is 11.6 Å². The van der Waals surface area contributed by atoms with Crippen molar-refractivity contribution in [3.63, 3.8) is 0 Å². The summed E-state index contributed by atoms with van der Waals surface area (Å²) in [4.78, 5) is 19.4. The van der Waals surface area contributed by atoms with Crippen LogP contribution in [0.2, 0.25) is 0 Å². The van der Waals surface area contributed by atoms with Crippen molar-refractivity contribution in [3.05, 3.63) is 36.0 Å². The third kappa shape index (κ3) is 4.00. The fourth-order valence-electron chi connectivity index (χ4n) is 7.07. The molecule has 4 bridgehead atoms. The van der Waals surface area contributed by atoms with Crippen molar-refractivity contribution in [2.75, 3.05) is 11.4 Å². The Morgan fingerprint density at radius 1 is 1.14 bits per heavy atom. The first-order chi connectivity index (χ1) is 17.4. The number of carbonyl (C=O) groups excluding carboxylic acids is 1. The zero-order valence-corrected chi connectivity index (χ0v) is 20.4. The standard InChI is InChI=1S/C26H28F5N3O3/c1-22(29,30)19-32-18(33-37-19)24-8-5-23(6-9-24,7-10-24)15-34(20(35)25-12-26(31,13-25)14-25)16-3-2-4-17(11-16)36-21(27)28/h2-4,11,21H,5-10,12-15H2,1H3. The molecule has 1 aromatic heterocycles. The number of hydrogen-bond acceptors (Lipinski definition) is 5. The van der Waals surface area contributed by atoms with Gasteiger partial charge in [-0.15, -0.1) is 0 Å². The molecule has 0 N–H and O–H groups in total. The Morgan fingerprint density at radius 2 is 1.78 bits per heavy atom. The molecule has 8 rings (SSSR count). The molecule has 6 fully saturated rings. The SMILES string of the molecule is CC(F)(F)c1nc(C23CCC(CN(C(=O)C45CC(F)(C4)C5)c4cccc(OC(F)F)c4)(CC2)CC3)no1. The normalized spacial score (nSPS) is 34.1. The summed E-state index contributed by atoms with van der Waals surface area (Å²) in [7, 11) is 0. The quantitative estimate of drug-likeness (QED) is 0.379. The minimum Gasteiger partial charge on any atom is -0.435 e. The first kappa shape index (κ1) is 24.6. The number of benzene rings is 1. The van der Waals surface area contributed by atoms with Crippen LogP contribution >= 0.6 is 0 Å². The van der Waals surface area contributed by atoms with Crippen molar-refractivity contribution in [1.82, 2.24) is 10.1 Å². The smallest absolute Gasteiger partial charge is 0.387 e. The van der Waals surface area contributed by atoms with Gasteiger partial charge >= 0.3 is 12.5 Å². The lowest BCUT2D eigenvalue weighted by Gasteiger charge is -2.65. The Hall–Kier alpha value is -2.72. The Bertz CT molecular complexity index is 1180. The molecule has 6 saturated carbocycles. The van der Waals surface area contributed by atoms with E-state index in [1.807, 2.05) is 0 Å². The van der Waals surface area contributed by atoms with Crippen LogP contribution in [-0.4, -0.2) is 34.9 Å². The van der Waals surface area contributed by atoms with Gasteiger partial charge < -0.3 is 14.2 Å². The molecule has 1 aromatic carbocycles. The fraction of sp³-hybridized carbons (Fsp3) is 0.654. The molecule has 2 aromatic rings. The average molecular weight is 526 g/mol. The van der Waals surface area contributed by atoms with Crippen LogP contribution in [0.1, 0.15) is 76.4 Å². The maximum absolute atomic E-state index is 14.3. The Morgan fingerprint density at radius 3 is 2.32 bits per heavy atom. The third-order valence-electron chi connectivity index (χ3n) is 9.19. The third-order valence-corrected chi connectivity index (χ3v) is 9.19. The summed E-state index contributed by atoms with van der Waals surface area (Å²) in [5, 5.41) is 3.89. The van der Waals surface area contributed by atoms with Gasteiger partial charge in [0.15, 0.2) is 5.82 Å². The van der Waals surface area contributed by atoms with Gasteiger partial charge in [-0.2, -0.15) is 22.5 Å². The van der Waals surface area contributed by atoms with Gasteiger partial charge in [-0.05, 0) is 75.3 Å². The minimum atomic E-state index is -3.21. The molecular weight excluding hydrogens is 497 g/mol. The fourth-order valence-corrected chi connectivity index (χ4v) is 7.07. The van der Waals surface area contributed by atoms with Crippen LogP contribution in [0, 0.1) is 10.8 Å². The number of carbonyl (C=O) groups is 1. The number of halogens is 5. The number of amides is 1. The number of nitrogens with zero attached hydrogens (tertiary/aromatic N) is 3. The van der Waals surface area contributed by atoms with Gasteiger partial charge in [0.25, 0.3) is 5.89 Å². The highest BCUT2D eigenvalue weighted by atomic mass is 19.3. The molecule has 0 unspecified atom stereocenters. The van der Waals surface area contributed by atoms with E-state index in [0.717, 1.165) is 26.2 Å². The van der Waals surface area contributed by atoms with E-state index in [0.29, 0.717) is 37.3 Å². The number of alkyl halides is 5. The zero-order valence-electron chi connectivity index (χ0n) is 20.4. The summed E-state index contributed by atoms with van der Waals surface area (Å²) in [5.74, 6) is -3.81. The molecule has 0 atom stereocenters. The summed E-state index contributed by atoms with van der Waals surface area (Å²) in [6.45, 7) is -1.91. The van der Waals surface area contributed by atoms with Crippen LogP contribution in [0.3, 0.4) is 0 Å². The largest absolute Gasteiger partial charge is 0.435 e. The van der Waals surface area contributed by atoms with E-state index < -0.39 is 34.9 Å². The summed E-state index contributed by atoms with van der Waals surface area (Å²) >= 11 is 0. The molecule has 1 heterocycles. The minimum absolute atomic E-state index is 0.0469. The molecule has 37 heavy (non-hydrogen) atoms. The van der Waals surface area contributed by atoms with Crippen LogP contribution in [0.15, 0.2) is 28.8 Å². The van der Waals surface area contributed by atoms with E-state index >= 15 is 0 Å². The van der Waals surface area contributed by atoms with Crippen molar-refractivity contribution in [1.29, 1.82) is 0 Å². The second-order valence-electron chi connectivity index (χ2n) is 11.8. The van der Waals surface area contributed by atoms with Crippen LogP contribution in [-0.2, 0) is 16.1 Å². The molecule has 6 nitrogen and oxygen atoms in total. The Balaban J connectivity index is 1.24. The van der Waals surface area contributed by atoms with Crippen LogP contribution in [0.4, 0.5) is 27.6 Å². The molecule has 1 amide bonds. The highest BCUT2D eigenvalue weighted by molar-refractivity contribution is 6.00. The topological polar surface area (TPSA) is 68.5 Å². The Labute approximate surface area is 210 Å². The maximum atomic E-state index is 14.3. The second-order valence-corrected chi connectivity index (χ2v) is 11.8. The molecular formula is C26H28F5N3O3. The van der Waals surface area contributed by atoms with Crippen molar-refractivity contribution < 1.29 is 36.0 Å². The van der Waals surface area contributed by atoms with Gasteiger partial charge in [0.05, 0.1) is 5.41 Å². The number of ether oxygens (including phenoxy) is 1. The lowest BCUT2D eigenvalue weighted by molar-refractivity contribution is -0.211. The van der Waals surface area contributed by atoms with Crippen molar-refractivity contribution in [2.45, 2.75) is 88.3 Å². The van der Waals surface area contributed by atoms with Gasteiger partial charge in [0.2, 0.25) is 5.91 Å². The van der Waals surface area contributed by atoms with Crippen molar-refractivity contribution in [2.24, 2.45) is 10.8 Å². The monoisotopic (exact) mass is 525 g/mol. The first-order valence-corrected chi connectivity index (χ1v) is 12.6. The average Bonchev–Trinajstić information content (AvgIpc) is 3.33. The second kappa shape index (κ2) is 7.89. The molecule has 6 aliphatic carbocycles. The maximum Gasteiger partial charge on any atom is 0.387 e. The summed E-state index contributed by atoms with van der Waals surface area (Å²) in [6.07, 6.45) is 4.73. The van der Waals surface area contributed by atoms with Crippen LogP contribution < -0.4 is 9.64 Å². The number of anilines is 1. The molecule has 200 valence electrons. The summed E-state index contributed by atoms with van der Waals surface area (Å²) in [5.41, 5.74) is -2.22. The number of rotatable bonds is 8. The van der Waals surface area contributed by atoms with Crippen LogP contribution in [0.5, 0.6) is 5.75 Å². The molecule has 6 aliphatic rings. The van der Waals surface area contributed by atoms with Crippen LogP contribution in [0.25, 0.3) is 0 Å². The lowest BCUT2D eigenvalue weighted by atomic mass is 9.41. The molecule has 0 saturated heterocycles. The number of aromatic nitrogens is 2. The highest BCUT2D eigenvalue weighted by Gasteiger charge is 2.73. The summed E-state index contributed by atoms with van der Waals surface area (Å²) in [6, 6.07) is 6.08. The van der Waals surface area contributed by atoms with Gasteiger partial charge in [-0.3, -0.25) is 4.79 Å². The van der Waals surface area contributed by atoms with Gasteiger partial charge in [-0.25, -0.2) is 4.39 Å². The van der Waals surface area contributed by atoms with Crippen molar-refractivity contribution in [3.8, 4) is 5.75 Å². The number of hydrogen-bond donors (Lipinski definition) is 0. The van der Waals surface area contributed by atoms with Gasteiger partial charge in [-0.1, -0.05) is 11.2 Å². The summed E-state index contributed by atoms with van der Waals surface area (Å²) < 4.78 is 76.7. The first-order valence-electron chi connectivity index (χ1n) is 12.6. The zero-order chi connectivity index (χ0) is 26.3. The van der Waals surface area contributed by atoms with E-state index in [-0.39, 0.29) is 36.3 Å². The molecule has 11 heteroatoms. The van der Waals surface area contributed by atoms with Gasteiger partial charge in [0.1, 0.15) is 11.4 Å². The highest BCUT2D eigenvalue weighted by Crippen LogP contribution is 2.70. The van der Waals surface area contributed by atoms with Gasteiger partial charge in [0, 0.05) is 30.6 Å². The lowest BCUT2D eigenvalue weighted by Crippen LogP contribution is -2.71. The predicted molar refractivity (Wildman–Crippen MR) is 121 cm³/mol. The molecule has 0 radical (unpaired) electrons. The number of fused-ring (bicyclic) bond motifs is 3. The Kier molecular flexibility index (Phi) is 5.25.